The lowest BCUT2D eigenvalue weighted by molar-refractivity contribution is -0.119. The van der Waals surface area contributed by atoms with Gasteiger partial charge in [0.05, 0.1) is 35.8 Å². The van der Waals surface area contributed by atoms with Gasteiger partial charge in [0.15, 0.2) is 29.8 Å². The average molecular weight is 1210 g/mol. The summed E-state index contributed by atoms with van der Waals surface area (Å²) in [6, 6.07) is 10.5. The first kappa shape index (κ1) is 63.2. The van der Waals surface area contributed by atoms with E-state index in [1.54, 1.807) is 26.0 Å². The Morgan fingerprint density at radius 2 is 0.831 bits per heavy atom. The third-order valence-corrected chi connectivity index (χ3v) is 16.3. The fraction of sp³-hybridized carbons (Fsp3) is 0.273. The SMILES string of the molecule is C[C@H](CCC(N)=O)NS(=O)(=O)c1ccc2c(Cl)cnc(Cl)c2c1.C[C@H](CCC(N)=O)NS(=O)(=O)c1ccc2c(Cl)cnc(N=C(N)N)c2c1.NC(=O)CC[C@H](NS(=O)(=O)c1ccc2c(Cl)cnc(N=C(N)N)c2c1)C(O)O. The van der Waals surface area contributed by atoms with Gasteiger partial charge in [0.25, 0.3) is 0 Å². The van der Waals surface area contributed by atoms with E-state index in [2.05, 4.69) is 39.1 Å². The van der Waals surface area contributed by atoms with Crippen LogP contribution in [0.2, 0.25) is 20.2 Å². The number of primary amides is 3. The zero-order chi connectivity index (χ0) is 57.7. The lowest BCUT2D eigenvalue weighted by atomic mass is 10.1. The summed E-state index contributed by atoms with van der Waals surface area (Å²) in [6.07, 6.45) is 2.41. The van der Waals surface area contributed by atoms with Gasteiger partial charge in [-0.2, -0.15) is 9.98 Å². The molecule has 0 aliphatic carbocycles. The van der Waals surface area contributed by atoms with Gasteiger partial charge >= 0.3 is 0 Å². The number of nitrogens with one attached hydrogen (secondary N) is 3. The largest absolute Gasteiger partial charge is 0.370 e. The molecular formula is C44H53Cl4N15O11S3. The van der Waals surface area contributed by atoms with Gasteiger partial charge in [-0.15, -0.1) is 0 Å². The van der Waals surface area contributed by atoms with E-state index in [-0.39, 0.29) is 85.9 Å². The topological polar surface area (TPSA) is 476 Å². The van der Waals surface area contributed by atoms with Crippen LogP contribution in [-0.4, -0.2) is 104 Å². The minimum atomic E-state index is -4.21. The number of rotatable bonds is 21. The molecule has 0 spiro atoms. The summed E-state index contributed by atoms with van der Waals surface area (Å²) < 4.78 is 82.4. The molecule has 416 valence electrons. The van der Waals surface area contributed by atoms with Gasteiger partial charge in [0, 0.05) is 82.3 Å². The van der Waals surface area contributed by atoms with Crippen molar-refractivity contribution in [1.82, 2.24) is 29.1 Å². The van der Waals surface area contributed by atoms with Crippen molar-refractivity contribution in [2.45, 2.75) is 91.5 Å². The van der Waals surface area contributed by atoms with Crippen molar-refractivity contribution in [3.8, 4) is 0 Å². The van der Waals surface area contributed by atoms with Crippen molar-refractivity contribution < 1.29 is 49.9 Å². The molecule has 77 heavy (non-hydrogen) atoms. The highest BCUT2D eigenvalue weighted by molar-refractivity contribution is 7.90. The second kappa shape index (κ2) is 27.3. The van der Waals surface area contributed by atoms with E-state index in [0.29, 0.717) is 43.4 Å². The Morgan fingerprint density at radius 3 is 1.18 bits per heavy atom. The predicted molar refractivity (Wildman–Crippen MR) is 293 cm³/mol. The van der Waals surface area contributed by atoms with E-state index < -0.39 is 72.2 Å². The molecule has 3 amide bonds. The first-order valence-electron chi connectivity index (χ1n) is 22.2. The summed E-state index contributed by atoms with van der Waals surface area (Å²) in [7, 11) is -11.8. The number of amides is 3. The van der Waals surface area contributed by atoms with Crippen LogP contribution in [0.5, 0.6) is 0 Å². The Morgan fingerprint density at radius 1 is 0.506 bits per heavy atom. The van der Waals surface area contributed by atoms with Gasteiger partial charge in [0.1, 0.15) is 5.15 Å². The van der Waals surface area contributed by atoms with Gasteiger partial charge in [-0.3, -0.25) is 14.4 Å². The van der Waals surface area contributed by atoms with Crippen molar-refractivity contribution >= 4 is 150 Å². The zero-order valence-corrected chi connectivity index (χ0v) is 46.0. The number of carbonyl (C=O) groups is 3. The molecule has 3 aromatic heterocycles. The monoisotopic (exact) mass is 1200 g/mol. The summed E-state index contributed by atoms with van der Waals surface area (Å²) in [5, 5.41) is 22.7. The summed E-state index contributed by atoms with van der Waals surface area (Å²) >= 11 is 24.2. The number of nitrogens with zero attached hydrogens (tertiary/aromatic N) is 5. The third kappa shape index (κ3) is 18.4. The van der Waals surface area contributed by atoms with Gasteiger partial charge in [-0.05, 0) is 69.5 Å². The van der Waals surface area contributed by atoms with E-state index in [9.17, 15) is 49.9 Å². The number of guanidine groups is 2. The molecule has 0 aliphatic heterocycles. The highest BCUT2D eigenvalue weighted by Crippen LogP contribution is 2.34. The second-order valence-corrected chi connectivity index (χ2v) is 23.4. The molecule has 0 saturated carbocycles. The molecule has 0 saturated heterocycles. The number of fused-ring (bicyclic) bond motifs is 3. The van der Waals surface area contributed by atoms with Crippen LogP contribution in [0, 0.1) is 0 Å². The van der Waals surface area contributed by atoms with Crippen LogP contribution in [0.15, 0.2) is 97.9 Å². The number of aliphatic imine (C=N–C) groups is 2. The van der Waals surface area contributed by atoms with Crippen LogP contribution in [-0.2, 0) is 44.5 Å². The number of hydrogen-bond acceptors (Lipinski definition) is 16. The number of aromatic nitrogens is 3. The minimum absolute atomic E-state index is 0.00738. The third-order valence-electron chi connectivity index (χ3n) is 10.5. The van der Waals surface area contributed by atoms with E-state index in [1.807, 2.05) is 0 Å². The number of halogens is 4. The minimum Gasteiger partial charge on any atom is -0.370 e. The maximum Gasteiger partial charge on any atom is 0.241 e. The highest BCUT2D eigenvalue weighted by Gasteiger charge is 2.27. The van der Waals surface area contributed by atoms with Crippen molar-refractivity contribution in [2.24, 2.45) is 50.1 Å². The molecule has 0 unspecified atom stereocenters. The summed E-state index contributed by atoms with van der Waals surface area (Å²) in [5.41, 5.74) is 36.7. The van der Waals surface area contributed by atoms with Crippen molar-refractivity contribution in [1.29, 1.82) is 0 Å². The highest BCUT2D eigenvalue weighted by atomic mass is 35.5. The molecular weight excluding hydrogens is 1150 g/mol. The predicted octanol–water partition coefficient (Wildman–Crippen LogP) is 2.22. The van der Waals surface area contributed by atoms with E-state index >= 15 is 0 Å². The van der Waals surface area contributed by atoms with Crippen molar-refractivity contribution in [3.63, 3.8) is 0 Å². The molecule has 0 aliphatic rings. The fourth-order valence-corrected chi connectivity index (χ4v) is 11.5. The lowest BCUT2D eigenvalue weighted by Crippen LogP contribution is -2.43. The second-order valence-electron chi connectivity index (χ2n) is 16.7. The molecule has 3 atom stereocenters. The molecule has 6 rings (SSSR count). The Labute approximate surface area is 461 Å². The molecule has 33 heteroatoms. The van der Waals surface area contributed by atoms with Crippen LogP contribution in [0.3, 0.4) is 0 Å². The lowest BCUT2D eigenvalue weighted by Gasteiger charge is -2.20. The number of sulfonamides is 3. The van der Waals surface area contributed by atoms with E-state index in [0.717, 1.165) is 0 Å². The Balaban J connectivity index is 0.000000251. The normalized spacial score (nSPS) is 12.9. The smallest absolute Gasteiger partial charge is 0.241 e. The maximum absolute atomic E-state index is 12.7. The van der Waals surface area contributed by atoms with Crippen LogP contribution in [0.4, 0.5) is 11.6 Å². The molecule has 6 aromatic rings. The van der Waals surface area contributed by atoms with Crippen molar-refractivity contribution in [2.75, 3.05) is 0 Å². The number of carbonyl (C=O) groups excluding carboxylic acids is 3. The Hall–Kier alpha value is -6.35. The van der Waals surface area contributed by atoms with Crippen LogP contribution in [0.1, 0.15) is 52.4 Å². The van der Waals surface area contributed by atoms with Crippen LogP contribution in [0.25, 0.3) is 32.3 Å². The van der Waals surface area contributed by atoms with Gasteiger partial charge in [-0.1, -0.05) is 64.6 Å². The number of pyridine rings is 3. The number of benzene rings is 3. The molecule has 3 heterocycles. The number of aliphatic hydroxyl groups excluding tert-OH is 1. The quantitative estimate of drug-likeness (QED) is 0.0213. The van der Waals surface area contributed by atoms with Gasteiger partial charge in [0.2, 0.25) is 47.8 Å². The number of aliphatic hydroxyl groups is 2. The molecule has 26 nitrogen and oxygen atoms in total. The summed E-state index contributed by atoms with van der Waals surface area (Å²) in [5.74, 6) is -1.96. The van der Waals surface area contributed by atoms with Crippen molar-refractivity contribution in [3.05, 3.63) is 93.4 Å². The Kier molecular flexibility index (Phi) is 22.4. The first-order valence-corrected chi connectivity index (χ1v) is 28.2. The number of nitrogens with two attached hydrogens (primary N) is 7. The fourth-order valence-electron chi connectivity index (χ4n) is 6.76. The molecule has 19 N–H and O–H groups in total. The summed E-state index contributed by atoms with van der Waals surface area (Å²) in [6.45, 7) is 3.30. The zero-order valence-electron chi connectivity index (χ0n) is 40.6. The van der Waals surface area contributed by atoms with E-state index in [4.69, 9.17) is 86.5 Å². The summed E-state index contributed by atoms with van der Waals surface area (Å²) in [4.78, 5) is 52.0. The molecule has 0 fully saturated rings. The molecule has 3 aromatic carbocycles. The van der Waals surface area contributed by atoms with Crippen LogP contribution < -0.4 is 54.3 Å². The van der Waals surface area contributed by atoms with Gasteiger partial charge in [-0.25, -0.2) is 54.4 Å². The maximum atomic E-state index is 12.7. The molecule has 0 radical (unpaired) electrons. The molecule has 0 bridgehead atoms. The van der Waals surface area contributed by atoms with Crippen LogP contribution >= 0.6 is 46.4 Å². The first-order chi connectivity index (χ1) is 35.8. The van der Waals surface area contributed by atoms with Gasteiger partial charge < -0.3 is 50.3 Å². The van der Waals surface area contributed by atoms with E-state index in [1.165, 1.54) is 61.1 Å². The Bertz CT molecular complexity index is 3590. The standard InChI is InChI=1S/C15H19ClN6O5S.C15H19ClN6O3S.C14H15Cl2N3O3S/c16-10-6-20-13(21-15(18)19)9-5-7(1-2-8(9)10)28(26,27)22-11(14(24)25)3-4-12(17)23;1-8(2-5-13(17)23)22-26(24,25)9-3-4-10-11(6-9)14(21-15(18)19)20-7-12(10)16;1-8(2-5-13(17)20)19-23(21,22)9-3-4-10-11(6-9)14(16)18-7-12(10)15/h1-2,5-6,11,14,22,24-25H,3-4H2,(H2,17,23)(H4,18,19,20,21);3-4,6-8,22H,2,5H2,1H3,(H2,17,23)(H4,18,19,20,21);3-4,6-8,19H,2,5H2,1H3,(H2,17,20)/t11-;2*8-/m011/s1. The average Bonchev–Trinajstić information content (AvgIpc) is 3.34. The number of hydrogen-bond donors (Lipinski definition) is 12.